The highest BCUT2D eigenvalue weighted by Crippen LogP contribution is 2.28. The summed E-state index contributed by atoms with van der Waals surface area (Å²) in [6.07, 6.45) is 0. The number of morpholine rings is 1. The van der Waals surface area contributed by atoms with Gasteiger partial charge in [-0.15, -0.1) is 0 Å². The Balaban J connectivity index is 2.57. The molecule has 8 heteroatoms. The van der Waals surface area contributed by atoms with Crippen molar-refractivity contribution in [1.82, 2.24) is 4.31 Å². The Bertz CT molecular complexity index is 673. The minimum Gasteiger partial charge on any atom is -0.478 e. The number of hydrogen-bond acceptors (Lipinski definition) is 4. The first kappa shape index (κ1) is 16.2. The van der Waals surface area contributed by atoms with Gasteiger partial charge in [-0.1, -0.05) is 11.6 Å². The molecule has 1 aromatic rings. The average molecular weight is 334 g/mol. The molecule has 1 unspecified atom stereocenters. The maximum atomic E-state index is 12.8. The van der Waals surface area contributed by atoms with Gasteiger partial charge >= 0.3 is 5.97 Å². The average Bonchev–Trinajstić information content (AvgIpc) is 2.40. The quantitative estimate of drug-likeness (QED) is 0.911. The van der Waals surface area contributed by atoms with Gasteiger partial charge in [0, 0.05) is 17.6 Å². The van der Waals surface area contributed by atoms with Gasteiger partial charge in [0.1, 0.15) is 0 Å². The molecule has 1 fully saturated rings. The molecule has 1 aliphatic rings. The summed E-state index contributed by atoms with van der Waals surface area (Å²) >= 11 is 5.88. The molecule has 0 spiro atoms. The van der Waals surface area contributed by atoms with Gasteiger partial charge in [0.05, 0.1) is 23.7 Å². The molecule has 6 nitrogen and oxygen atoms in total. The number of rotatable bonds is 3. The van der Waals surface area contributed by atoms with E-state index in [4.69, 9.17) is 21.4 Å². The van der Waals surface area contributed by atoms with E-state index in [1.165, 1.54) is 23.4 Å². The monoisotopic (exact) mass is 333 g/mol. The molecular formula is C13H16ClNO5S. The molecule has 1 heterocycles. The summed E-state index contributed by atoms with van der Waals surface area (Å²) in [7, 11) is -3.81. The first-order chi connectivity index (χ1) is 9.75. The normalized spacial score (nSPS) is 20.4. The van der Waals surface area contributed by atoms with E-state index in [1.54, 1.807) is 6.92 Å². The van der Waals surface area contributed by atoms with Gasteiger partial charge in [-0.2, -0.15) is 4.31 Å². The van der Waals surface area contributed by atoms with Crippen molar-refractivity contribution >= 4 is 27.6 Å². The second-order valence-electron chi connectivity index (χ2n) is 4.92. The van der Waals surface area contributed by atoms with Crippen LogP contribution in [0.25, 0.3) is 0 Å². The number of sulfonamides is 1. The van der Waals surface area contributed by atoms with E-state index in [2.05, 4.69) is 0 Å². The van der Waals surface area contributed by atoms with Crippen LogP contribution in [0, 0.1) is 6.92 Å². The smallest absolute Gasteiger partial charge is 0.336 e. The summed E-state index contributed by atoms with van der Waals surface area (Å²) in [5.41, 5.74) is 0.0765. The Morgan fingerprint density at radius 3 is 2.71 bits per heavy atom. The van der Waals surface area contributed by atoms with Crippen LogP contribution in [-0.4, -0.2) is 49.6 Å². The minimum absolute atomic E-state index is 0.0684. The lowest BCUT2D eigenvalue weighted by molar-refractivity contribution is 0.0392. The maximum Gasteiger partial charge on any atom is 0.336 e. The third-order valence-corrected chi connectivity index (χ3v) is 5.81. The Kier molecular flexibility index (Phi) is 4.57. The number of carboxylic acid groups (broad SMARTS) is 1. The summed E-state index contributed by atoms with van der Waals surface area (Å²) in [5.74, 6) is -1.21. The first-order valence-electron chi connectivity index (χ1n) is 6.38. The number of carboxylic acids is 1. The predicted octanol–water partition coefficient (Wildman–Crippen LogP) is 1.76. The number of halogens is 1. The van der Waals surface area contributed by atoms with Gasteiger partial charge in [-0.05, 0) is 31.5 Å². The zero-order valence-corrected chi connectivity index (χ0v) is 13.2. The molecule has 116 valence electrons. The Morgan fingerprint density at radius 1 is 1.48 bits per heavy atom. The van der Waals surface area contributed by atoms with E-state index in [1.807, 2.05) is 0 Å². The molecule has 1 aromatic carbocycles. The SMILES string of the molecule is Cc1c(C(=O)O)cc(Cl)cc1S(=O)(=O)N1CCOCC1C. The Hall–Kier alpha value is -1.15. The molecule has 0 aromatic heterocycles. The Morgan fingerprint density at radius 2 is 2.14 bits per heavy atom. The summed E-state index contributed by atoms with van der Waals surface area (Å²) in [5, 5.41) is 9.24. The van der Waals surface area contributed by atoms with Crippen LogP contribution < -0.4 is 0 Å². The van der Waals surface area contributed by atoms with Crippen LogP contribution in [0.2, 0.25) is 5.02 Å². The molecule has 0 amide bonds. The second kappa shape index (κ2) is 5.92. The number of nitrogens with zero attached hydrogens (tertiary/aromatic N) is 1. The van der Waals surface area contributed by atoms with Gasteiger partial charge in [0.25, 0.3) is 0 Å². The number of ether oxygens (including phenoxy) is 1. The highest BCUT2D eigenvalue weighted by molar-refractivity contribution is 7.89. The van der Waals surface area contributed by atoms with Crippen LogP contribution in [0.5, 0.6) is 0 Å². The van der Waals surface area contributed by atoms with Crippen molar-refractivity contribution in [1.29, 1.82) is 0 Å². The molecule has 0 aliphatic carbocycles. The van der Waals surface area contributed by atoms with Crippen LogP contribution in [0.15, 0.2) is 17.0 Å². The molecular weight excluding hydrogens is 318 g/mol. The highest BCUT2D eigenvalue weighted by Gasteiger charge is 2.33. The van der Waals surface area contributed by atoms with Crippen LogP contribution in [0.3, 0.4) is 0 Å². The van der Waals surface area contributed by atoms with Crippen molar-refractivity contribution in [2.75, 3.05) is 19.8 Å². The van der Waals surface area contributed by atoms with E-state index < -0.39 is 16.0 Å². The zero-order valence-electron chi connectivity index (χ0n) is 11.7. The molecule has 1 saturated heterocycles. The van der Waals surface area contributed by atoms with Crippen molar-refractivity contribution in [3.8, 4) is 0 Å². The van der Waals surface area contributed by atoms with E-state index in [0.29, 0.717) is 13.2 Å². The van der Waals surface area contributed by atoms with Crippen molar-refractivity contribution in [2.45, 2.75) is 24.8 Å². The molecule has 0 saturated carbocycles. The first-order valence-corrected chi connectivity index (χ1v) is 8.20. The van der Waals surface area contributed by atoms with Gasteiger partial charge < -0.3 is 9.84 Å². The lowest BCUT2D eigenvalue weighted by Crippen LogP contribution is -2.47. The fourth-order valence-electron chi connectivity index (χ4n) is 2.34. The number of hydrogen-bond donors (Lipinski definition) is 1. The maximum absolute atomic E-state index is 12.8. The third-order valence-electron chi connectivity index (χ3n) is 3.45. The topological polar surface area (TPSA) is 83.9 Å². The summed E-state index contributed by atoms with van der Waals surface area (Å²) in [4.78, 5) is 11.1. The zero-order chi connectivity index (χ0) is 15.8. The fraction of sp³-hybridized carbons (Fsp3) is 0.462. The van der Waals surface area contributed by atoms with Gasteiger partial charge in [-0.3, -0.25) is 0 Å². The molecule has 21 heavy (non-hydrogen) atoms. The van der Waals surface area contributed by atoms with Crippen LogP contribution in [0.1, 0.15) is 22.8 Å². The molecule has 0 bridgehead atoms. The van der Waals surface area contributed by atoms with E-state index in [0.717, 1.165) is 0 Å². The Labute approximate surface area is 128 Å². The summed E-state index contributed by atoms with van der Waals surface area (Å²) < 4.78 is 32.1. The van der Waals surface area contributed by atoms with Crippen molar-refractivity contribution in [3.05, 3.63) is 28.3 Å². The van der Waals surface area contributed by atoms with Crippen molar-refractivity contribution in [3.63, 3.8) is 0 Å². The van der Waals surface area contributed by atoms with Crippen molar-refractivity contribution in [2.24, 2.45) is 0 Å². The van der Waals surface area contributed by atoms with E-state index >= 15 is 0 Å². The fourth-order valence-corrected chi connectivity index (χ4v) is 4.50. The lowest BCUT2D eigenvalue weighted by Gasteiger charge is -2.32. The van der Waals surface area contributed by atoms with Crippen LogP contribution >= 0.6 is 11.6 Å². The molecule has 1 aliphatic heterocycles. The standard InChI is InChI=1S/C13H16ClNO5S/c1-8-7-20-4-3-15(8)21(18,19)12-6-10(14)5-11(9(12)2)13(16)17/h5-6,8H,3-4,7H2,1-2H3,(H,16,17). The number of benzene rings is 1. The molecule has 1 N–H and O–H groups in total. The summed E-state index contributed by atoms with van der Waals surface area (Å²) in [6.45, 7) is 4.07. The number of aromatic carboxylic acids is 1. The largest absolute Gasteiger partial charge is 0.478 e. The minimum atomic E-state index is -3.81. The highest BCUT2D eigenvalue weighted by atomic mass is 35.5. The second-order valence-corrected chi connectivity index (χ2v) is 7.22. The van der Waals surface area contributed by atoms with Crippen molar-refractivity contribution < 1.29 is 23.1 Å². The molecule has 0 radical (unpaired) electrons. The lowest BCUT2D eigenvalue weighted by atomic mass is 10.1. The predicted molar refractivity (Wildman–Crippen MR) is 77.3 cm³/mol. The van der Waals surface area contributed by atoms with Crippen LogP contribution in [0.4, 0.5) is 0 Å². The third kappa shape index (κ3) is 3.06. The van der Waals surface area contributed by atoms with Gasteiger partial charge in [0.15, 0.2) is 0 Å². The van der Waals surface area contributed by atoms with E-state index in [9.17, 15) is 13.2 Å². The molecule has 2 rings (SSSR count). The summed E-state index contributed by atoms with van der Waals surface area (Å²) in [6, 6.07) is 2.23. The number of carbonyl (C=O) groups is 1. The van der Waals surface area contributed by atoms with Gasteiger partial charge in [-0.25, -0.2) is 13.2 Å². The van der Waals surface area contributed by atoms with E-state index in [-0.39, 0.29) is 33.6 Å². The van der Waals surface area contributed by atoms with Crippen LogP contribution in [-0.2, 0) is 14.8 Å². The van der Waals surface area contributed by atoms with Gasteiger partial charge in [0.2, 0.25) is 10.0 Å². The molecule has 1 atom stereocenters.